The van der Waals surface area contributed by atoms with E-state index in [1.165, 1.54) is 12.1 Å². The van der Waals surface area contributed by atoms with Crippen LogP contribution in [0.5, 0.6) is 0 Å². The fourth-order valence-electron chi connectivity index (χ4n) is 1.74. The van der Waals surface area contributed by atoms with Gasteiger partial charge >= 0.3 is 0 Å². The van der Waals surface area contributed by atoms with Crippen molar-refractivity contribution in [2.75, 3.05) is 0 Å². The fourth-order valence-corrected chi connectivity index (χ4v) is 3.02. The third kappa shape index (κ3) is 3.38. The number of hydrogen-bond donors (Lipinski definition) is 1. The lowest BCUT2D eigenvalue weighted by molar-refractivity contribution is 0.493. The molecule has 0 saturated carbocycles. The van der Waals surface area contributed by atoms with Gasteiger partial charge in [0.15, 0.2) is 11.6 Å². The van der Waals surface area contributed by atoms with Gasteiger partial charge in [-0.05, 0) is 56.0 Å². The molecule has 0 spiro atoms. The Balaban J connectivity index is 2.25. The third-order valence-corrected chi connectivity index (χ3v) is 3.73. The Labute approximate surface area is 126 Å². The number of rotatable bonds is 3. The monoisotopic (exact) mass is 390 g/mol. The van der Waals surface area contributed by atoms with Crippen LogP contribution in [0, 0.1) is 11.6 Å². The molecule has 1 heterocycles. The normalized spacial score (nSPS) is 12.5. The zero-order valence-electron chi connectivity index (χ0n) is 9.71. The van der Waals surface area contributed by atoms with Gasteiger partial charge in [-0.15, -0.1) is 0 Å². The molecule has 100 valence electrons. The number of pyridine rings is 1. The van der Waals surface area contributed by atoms with Crippen LogP contribution in [0.4, 0.5) is 8.78 Å². The van der Waals surface area contributed by atoms with Crippen LogP contribution in [0.15, 0.2) is 39.4 Å². The molecule has 1 aromatic carbocycles. The minimum Gasteiger partial charge on any atom is -0.322 e. The molecule has 1 atom stereocenters. The van der Waals surface area contributed by atoms with E-state index in [9.17, 15) is 8.78 Å². The molecule has 19 heavy (non-hydrogen) atoms. The standard InChI is InChI=1S/C13H10Br2F2N2/c14-8-5-9(15)13(19-6-8)11(18)4-7-2-1-3-10(16)12(7)17/h1-3,5-6,11H,4,18H2. The zero-order valence-corrected chi connectivity index (χ0v) is 12.9. The molecule has 6 heteroatoms. The van der Waals surface area contributed by atoms with Crippen LogP contribution in [-0.2, 0) is 6.42 Å². The Morgan fingerprint density at radius 3 is 2.68 bits per heavy atom. The predicted molar refractivity (Wildman–Crippen MR) is 76.6 cm³/mol. The van der Waals surface area contributed by atoms with E-state index in [0.717, 1.165) is 15.0 Å². The fraction of sp³-hybridized carbons (Fsp3) is 0.154. The Bertz CT molecular complexity index is 605. The van der Waals surface area contributed by atoms with Gasteiger partial charge in [-0.1, -0.05) is 12.1 Å². The molecule has 2 N–H and O–H groups in total. The lowest BCUT2D eigenvalue weighted by atomic mass is 10.0. The van der Waals surface area contributed by atoms with Gasteiger partial charge in [0.25, 0.3) is 0 Å². The molecule has 1 aromatic heterocycles. The van der Waals surface area contributed by atoms with Crippen molar-refractivity contribution < 1.29 is 8.78 Å². The summed E-state index contributed by atoms with van der Waals surface area (Å²) >= 11 is 6.64. The van der Waals surface area contributed by atoms with Crippen LogP contribution in [0.25, 0.3) is 0 Å². The SMILES string of the molecule is NC(Cc1cccc(F)c1F)c1ncc(Br)cc1Br. The zero-order chi connectivity index (χ0) is 14.0. The van der Waals surface area contributed by atoms with Crippen LogP contribution >= 0.6 is 31.9 Å². The van der Waals surface area contributed by atoms with Crippen molar-refractivity contribution in [1.82, 2.24) is 4.98 Å². The number of halogens is 4. The topological polar surface area (TPSA) is 38.9 Å². The lowest BCUT2D eigenvalue weighted by Crippen LogP contribution is -2.16. The predicted octanol–water partition coefficient (Wildman–Crippen LogP) is 4.13. The number of nitrogens with two attached hydrogens (primary N) is 1. The Kier molecular flexibility index (Phi) is 4.65. The molecule has 1 unspecified atom stereocenters. The summed E-state index contributed by atoms with van der Waals surface area (Å²) in [6, 6.07) is 5.36. The summed E-state index contributed by atoms with van der Waals surface area (Å²) in [5.74, 6) is -1.72. The van der Waals surface area contributed by atoms with E-state index in [1.807, 2.05) is 6.07 Å². The molecular weight excluding hydrogens is 382 g/mol. The Morgan fingerprint density at radius 1 is 1.26 bits per heavy atom. The van der Waals surface area contributed by atoms with Crippen LogP contribution in [0.1, 0.15) is 17.3 Å². The minimum atomic E-state index is -0.868. The van der Waals surface area contributed by atoms with Crippen LogP contribution < -0.4 is 5.73 Å². The Morgan fingerprint density at radius 2 is 2.00 bits per heavy atom. The molecule has 0 fully saturated rings. The van der Waals surface area contributed by atoms with E-state index >= 15 is 0 Å². The van der Waals surface area contributed by atoms with Crippen molar-refractivity contribution >= 4 is 31.9 Å². The van der Waals surface area contributed by atoms with Gasteiger partial charge < -0.3 is 5.73 Å². The highest BCUT2D eigenvalue weighted by Crippen LogP contribution is 2.26. The van der Waals surface area contributed by atoms with Crippen molar-refractivity contribution in [3.05, 3.63) is 62.3 Å². The summed E-state index contributed by atoms with van der Waals surface area (Å²) in [4.78, 5) is 4.19. The average molecular weight is 392 g/mol. The van der Waals surface area contributed by atoms with Gasteiger partial charge in [-0.2, -0.15) is 0 Å². The summed E-state index contributed by atoms with van der Waals surface area (Å²) < 4.78 is 28.2. The smallest absolute Gasteiger partial charge is 0.162 e. The highest BCUT2D eigenvalue weighted by molar-refractivity contribution is 9.11. The van der Waals surface area contributed by atoms with Crippen molar-refractivity contribution in [2.45, 2.75) is 12.5 Å². The molecule has 0 saturated heterocycles. The van der Waals surface area contributed by atoms with Crippen molar-refractivity contribution in [3.63, 3.8) is 0 Å². The third-order valence-electron chi connectivity index (χ3n) is 2.66. The molecule has 0 aliphatic rings. The quantitative estimate of drug-likeness (QED) is 0.854. The number of nitrogens with zero attached hydrogens (tertiary/aromatic N) is 1. The second-order valence-electron chi connectivity index (χ2n) is 4.04. The van der Waals surface area contributed by atoms with Gasteiger partial charge in [0, 0.05) is 15.1 Å². The molecule has 0 aliphatic carbocycles. The Hall–Kier alpha value is -0.850. The number of benzene rings is 1. The summed E-state index contributed by atoms with van der Waals surface area (Å²) in [5, 5.41) is 0. The first-order valence-electron chi connectivity index (χ1n) is 5.48. The second kappa shape index (κ2) is 6.07. The van der Waals surface area contributed by atoms with E-state index in [0.29, 0.717) is 5.69 Å². The van der Waals surface area contributed by atoms with Gasteiger partial charge in [0.1, 0.15) is 0 Å². The number of aromatic nitrogens is 1. The molecule has 0 aliphatic heterocycles. The van der Waals surface area contributed by atoms with E-state index in [4.69, 9.17) is 5.73 Å². The van der Waals surface area contributed by atoms with E-state index < -0.39 is 17.7 Å². The van der Waals surface area contributed by atoms with Crippen molar-refractivity contribution in [1.29, 1.82) is 0 Å². The molecule has 2 nitrogen and oxygen atoms in total. The van der Waals surface area contributed by atoms with Crippen molar-refractivity contribution in [3.8, 4) is 0 Å². The maximum absolute atomic E-state index is 13.6. The lowest BCUT2D eigenvalue weighted by Gasteiger charge is -2.13. The van der Waals surface area contributed by atoms with Gasteiger partial charge in [0.2, 0.25) is 0 Å². The van der Waals surface area contributed by atoms with Gasteiger partial charge in [-0.3, -0.25) is 4.98 Å². The average Bonchev–Trinajstić information content (AvgIpc) is 2.34. The molecule has 2 rings (SSSR count). The van der Waals surface area contributed by atoms with Crippen molar-refractivity contribution in [2.24, 2.45) is 5.73 Å². The van der Waals surface area contributed by atoms with E-state index in [2.05, 4.69) is 36.8 Å². The van der Waals surface area contributed by atoms with Crippen LogP contribution in [0.2, 0.25) is 0 Å². The largest absolute Gasteiger partial charge is 0.322 e. The molecule has 0 radical (unpaired) electrons. The van der Waals surface area contributed by atoms with Crippen LogP contribution in [0.3, 0.4) is 0 Å². The molecule has 0 bridgehead atoms. The summed E-state index contributed by atoms with van der Waals surface area (Å²) in [6.07, 6.45) is 1.79. The van der Waals surface area contributed by atoms with Gasteiger partial charge in [0.05, 0.1) is 11.7 Å². The van der Waals surface area contributed by atoms with E-state index in [1.54, 1.807) is 6.20 Å². The van der Waals surface area contributed by atoms with Crippen LogP contribution in [-0.4, -0.2) is 4.98 Å². The molecule has 2 aromatic rings. The maximum Gasteiger partial charge on any atom is 0.162 e. The molecule has 0 amide bonds. The first kappa shape index (κ1) is 14.6. The molecular formula is C13H10Br2F2N2. The minimum absolute atomic E-state index is 0.177. The highest BCUT2D eigenvalue weighted by Gasteiger charge is 2.16. The van der Waals surface area contributed by atoms with Gasteiger partial charge in [-0.25, -0.2) is 8.78 Å². The summed E-state index contributed by atoms with van der Waals surface area (Å²) in [5.41, 5.74) is 6.84. The first-order valence-corrected chi connectivity index (χ1v) is 7.07. The van der Waals surface area contributed by atoms with E-state index in [-0.39, 0.29) is 12.0 Å². The summed E-state index contributed by atoms with van der Waals surface area (Å²) in [7, 11) is 0. The maximum atomic E-state index is 13.6. The second-order valence-corrected chi connectivity index (χ2v) is 5.81. The summed E-state index contributed by atoms with van der Waals surface area (Å²) in [6.45, 7) is 0. The number of hydrogen-bond acceptors (Lipinski definition) is 2. The highest BCUT2D eigenvalue weighted by atomic mass is 79.9. The first-order chi connectivity index (χ1) is 8.99.